The number of rotatable bonds is 8. The van der Waals surface area contributed by atoms with Gasteiger partial charge in [-0.25, -0.2) is 0 Å². The molecule has 0 aromatic heterocycles. The minimum atomic E-state index is 0.443. The summed E-state index contributed by atoms with van der Waals surface area (Å²) in [6.45, 7) is 18.6. The summed E-state index contributed by atoms with van der Waals surface area (Å²) in [7, 11) is 0. The van der Waals surface area contributed by atoms with Crippen LogP contribution in [0.5, 0.6) is 0 Å². The van der Waals surface area contributed by atoms with Gasteiger partial charge >= 0.3 is 0 Å². The summed E-state index contributed by atoms with van der Waals surface area (Å²) in [4.78, 5) is 9.96. The lowest BCUT2D eigenvalue weighted by Gasteiger charge is -2.24. The fourth-order valence-corrected chi connectivity index (χ4v) is 3.67. The molecule has 2 atom stereocenters. The monoisotopic (exact) mass is 358 g/mol. The maximum Gasteiger partial charge on any atom is 0.193 e. The van der Waals surface area contributed by atoms with Gasteiger partial charge in [0.2, 0.25) is 0 Å². The number of hydrogen-bond donors (Lipinski definition) is 1. The first kappa shape index (κ1) is 20.8. The number of nitrogens with one attached hydrogen (secondary N) is 1. The Morgan fingerprint density at radius 3 is 2.54 bits per heavy atom. The fourth-order valence-electron chi connectivity index (χ4n) is 3.67. The van der Waals surface area contributed by atoms with E-state index in [0.29, 0.717) is 5.92 Å². The molecule has 0 aliphatic carbocycles. The zero-order chi connectivity index (χ0) is 18.9. The van der Waals surface area contributed by atoms with Crippen LogP contribution in [0.15, 0.2) is 29.3 Å². The second-order valence-corrected chi connectivity index (χ2v) is 7.59. The van der Waals surface area contributed by atoms with Crippen LogP contribution in [0, 0.1) is 12.8 Å². The van der Waals surface area contributed by atoms with Gasteiger partial charge in [0.25, 0.3) is 0 Å². The number of aryl methyl sites for hydroxylation is 1. The molecule has 2 rings (SSSR count). The Labute approximate surface area is 160 Å². The number of benzene rings is 1. The third kappa shape index (κ3) is 6.01. The average molecular weight is 359 g/mol. The highest BCUT2D eigenvalue weighted by molar-refractivity contribution is 5.80. The first-order valence-electron chi connectivity index (χ1n) is 10.4. The molecule has 1 aromatic rings. The van der Waals surface area contributed by atoms with Crippen LogP contribution >= 0.6 is 0 Å². The van der Waals surface area contributed by atoms with E-state index in [0.717, 1.165) is 51.1 Å². The van der Waals surface area contributed by atoms with Crippen molar-refractivity contribution in [3.63, 3.8) is 0 Å². The molecular formula is C22H38N4. The van der Waals surface area contributed by atoms with Crippen molar-refractivity contribution >= 4 is 5.96 Å². The molecule has 1 aromatic carbocycles. The van der Waals surface area contributed by atoms with Gasteiger partial charge in [-0.15, -0.1) is 0 Å². The summed E-state index contributed by atoms with van der Waals surface area (Å²) >= 11 is 0. The van der Waals surface area contributed by atoms with Gasteiger partial charge in [-0.05, 0) is 44.8 Å². The van der Waals surface area contributed by atoms with Gasteiger partial charge in [0.1, 0.15) is 0 Å². The van der Waals surface area contributed by atoms with Gasteiger partial charge in [-0.3, -0.25) is 4.99 Å². The molecule has 146 valence electrons. The molecule has 0 amide bonds. The quantitative estimate of drug-likeness (QED) is 0.567. The molecule has 1 aliphatic heterocycles. The Hall–Kier alpha value is -1.55. The van der Waals surface area contributed by atoms with E-state index in [2.05, 4.69) is 74.0 Å². The Balaban J connectivity index is 1.95. The summed E-state index contributed by atoms with van der Waals surface area (Å²) in [6.07, 6.45) is 1.27. The number of likely N-dealkylation sites (tertiary alicyclic amines) is 1. The third-order valence-electron chi connectivity index (χ3n) is 5.49. The molecule has 26 heavy (non-hydrogen) atoms. The van der Waals surface area contributed by atoms with Crippen molar-refractivity contribution in [2.75, 3.05) is 45.8 Å². The normalized spacial score (nSPS) is 19.2. The smallest absolute Gasteiger partial charge is 0.193 e. The van der Waals surface area contributed by atoms with Crippen molar-refractivity contribution in [1.29, 1.82) is 0 Å². The number of nitrogens with zero attached hydrogens (tertiary/aromatic N) is 3. The van der Waals surface area contributed by atoms with Crippen molar-refractivity contribution in [2.24, 2.45) is 10.9 Å². The first-order valence-corrected chi connectivity index (χ1v) is 10.4. The van der Waals surface area contributed by atoms with Crippen molar-refractivity contribution in [3.05, 3.63) is 35.4 Å². The average Bonchev–Trinajstić information content (AvgIpc) is 3.11. The lowest BCUT2D eigenvalue weighted by atomic mass is 10.0. The van der Waals surface area contributed by atoms with Gasteiger partial charge in [-0.2, -0.15) is 0 Å². The zero-order valence-electron chi connectivity index (χ0n) is 17.5. The van der Waals surface area contributed by atoms with E-state index in [9.17, 15) is 0 Å². The third-order valence-corrected chi connectivity index (χ3v) is 5.49. The molecule has 2 unspecified atom stereocenters. The number of aliphatic imine (C=N–C) groups is 1. The highest BCUT2D eigenvalue weighted by atomic mass is 15.3. The molecule has 0 bridgehead atoms. The van der Waals surface area contributed by atoms with Crippen molar-refractivity contribution in [3.8, 4) is 0 Å². The van der Waals surface area contributed by atoms with E-state index in [1.165, 1.54) is 24.1 Å². The maximum atomic E-state index is 4.97. The van der Waals surface area contributed by atoms with Crippen LogP contribution in [0.2, 0.25) is 0 Å². The van der Waals surface area contributed by atoms with Crippen molar-refractivity contribution in [2.45, 2.75) is 47.0 Å². The molecule has 0 radical (unpaired) electrons. The van der Waals surface area contributed by atoms with Gasteiger partial charge in [0.15, 0.2) is 5.96 Å². The molecule has 0 saturated carbocycles. The van der Waals surface area contributed by atoms with E-state index in [1.807, 2.05) is 0 Å². The van der Waals surface area contributed by atoms with Gasteiger partial charge in [-0.1, -0.05) is 50.6 Å². The van der Waals surface area contributed by atoms with E-state index < -0.39 is 0 Å². The predicted octanol–water partition coefficient (Wildman–Crippen LogP) is 3.73. The van der Waals surface area contributed by atoms with E-state index in [4.69, 9.17) is 4.99 Å². The summed E-state index contributed by atoms with van der Waals surface area (Å²) in [5.74, 6) is 2.29. The molecule has 4 nitrogen and oxygen atoms in total. The molecule has 1 fully saturated rings. The largest absolute Gasteiger partial charge is 0.357 e. The molecule has 0 spiro atoms. The summed E-state index contributed by atoms with van der Waals surface area (Å²) in [6, 6.07) is 8.86. The SMILES string of the molecule is CCNC(=NCC(C)c1ccc(C)cc1)N1CCC(CN(CC)CC)C1. The fraction of sp³-hybridized carbons (Fsp3) is 0.682. The van der Waals surface area contributed by atoms with Crippen LogP contribution in [0.4, 0.5) is 0 Å². The highest BCUT2D eigenvalue weighted by Crippen LogP contribution is 2.19. The van der Waals surface area contributed by atoms with Gasteiger partial charge < -0.3 is 15.1 Å². The predicted molar refractivity (Wildman–Crippen MR) is 113 cm³/mol. The van der Waals surface area contributed by atoms with Crippen molar-refractivity contribution in [1.82, 2.24) is 15.1 Å². The van der Waals surface area contributed by atoms with Crippen LogP contribution in [-0.4, -0.2) is 61.6 Å². The Kier molecular flexibility index (Phi) is 8.43. The highest BCUT2D eigenvalue weighted by Gasteiger charge is 2.26. The molecule has 4 heteroatoms. The zero-order valence-corrected chi connectivity index (χ0v) is 17.5. The lowest BCUT2D eigenvalue weighted by molar-refractivity contribution is 0.255. The number of hydrogen-bond acceptors (Lipinski definition) is 2. The molecular weight excluding hydrogens is 320 g/mol. The molecule has 1 aliphatic rings. The topological polar surface area (TPSA) is 30.9 Å². The summed E-state index contributed by atoms with van der Waals surface area (Å²) in [5.41, 5.74) is 2.69. The van der Waals surface area contributed by atoms with Crippen LogP contribution in [-0.2, 0) is 0 Å². The Bertz CT molecular complexity index is 548. The van der Waals surface area contributed by atoms with E-state index in [-0.39, 0.29) is 0 Å². The van der Waals surface area contributed by atoms with Crippen LogP contribution in [0.25, 0.3) is 0 Å². The van der Waals surface area contributed by atoms with E-state index >= 15 is 0 Å². The lowest BCUT2D eigenvalue weighted by Crippen LogP contribution is -2.41. The maximum absolute atomic E-state index is 4.97. The summed E-state index contributed by atoms with van der Waals surface area (Å²) in [5, 5.41) is 3.50. The van der Waals surface area contributed by atoms with Gasteiger partial charge in [0, 0.05) is 38.6 Å². The first-order chi connectivity index (χ1) is 12.6. The van der Waals surface area contributed by atoms with Crippen LogP contribution in [0.3, 0.4) is 0 Å². The van der Waals surface area contributed by atoms with Crippen molar-refractivity contribution < 1.29 is 0 Å². The van der Waals surface area contributed by atoms with Crippen LogP contribution < -0.4 is 5.32 Å². The molecule has 1 saturated heterocycles. The van der Waals surface area contributed by atoms with Gasteiger partial charge in [0.05, 0.1) is 0 Å². The second-order valence-electron chi connectivity index (χ2n) is 7.59. The minimum Gasteiger partial charge on any atom is -0.357 e. The Morgan fingerprint density at radius 2 is 1.92 bits per heavy atom. The molecule has 1 heterocycles. The standard InChI is InChI=1S/C22H38N4/c1-6-23-22(24-15-19(5)21-11-9-18(4)10-12-21)26-14-13-20(17-26)16-25(7-2)8-3/h9-12,19-20H,6-8,13-17H2,1-5H3,(H,23,24). The Morgan fingerprint density at radius 1 is 1.23 bits per heavy atom. The van der Waals surface area contributed by atoms with E-state index in [1.54, 1.807) is 0 Å². The summed E-state index contributed by atoms with van der Waals surface area (Å²) < 4.78 is 0. The number of guanidine groups is 1. The minimum absolute atomic E-state index is 0.443. The molecule has 1 N–H and O–H groups in total. The second kappa shape index (κ2) is 10.6. The van der Waals surface area contributed by atoms with Crippen LogP contribution in [0.1, 0.15) is 51.2 Å².